The average Bonchev–Trinajstić information content (AvgIpc) is 2.62. The highest BCUT2D eigenvalue weighted by atomic mass is 16.5. The van der Waals surface area contributed by atoms with Crippen molar-refractivity contribution >= 4 is 16.7 Å². The third kappa shape index (κ3) is 3.97. The number of Topliss-reactive ketones (excluding diaryl/α,β-unsaturated/α-hetero) is 1. The number of ether oxygens (including phenoxy) is 1. The Kier molecular flexibility index (Phi) is 5.18. The van der Waals surface area contributed by atoms with Crippen LogP contribution in [0.4, 0.5) is 0 Å². The second-order valence-electron chi connectivity index (χ2n) is 5.59. The van der Waals surface area contributed by atoms with Gasteiger partial charge in [0.05, 0.1) is 5.52 Å². The van der Waals surface area contributed by atoms with Crippen molar-refractivity contribution in [2.75, 3.05) is 6.61 Å². The van der Waals surface area contributed by atoms with Crippen molar-refractivity contribution in [3.05, 3.63) is 72.3 Å². The molecule has 3 rings (SSSR count). The Labute approximate surface area is 140 Å². The Morgan fingerprint density at radius 2 is 1.75 bits per heavy atom. The minimum absolute atomic E-state index is 0.0646. The van der Waals surface area contributed by atoms with Crippen molar-refractivity contribution in [2.45, 2.75) is 18.9 Å². The number of carbonyl (C=O) groups excluding carboxylic acids is 1. The summed E-state index contributed by atoms with van der Waals surface area (Å²) in [6.45, 7) is -0.112. The molecule has 1 unspecified atom stereocenters. The van der Waals surface area contributed by atoms with Crippen molar-refractivity contribution < 1.29 is 14.6 Å². The van der Waals surface area contributed by atoms with E-state index >= 15 is 0 Å². The lowest BCUT2D eigenvalue weighted by Crippen LogP contribution is -2.30. The number of carbonyl (C=O) groups is 1. The van der Waals surface area contributed by atoms with Gasteiger partial charge in [-0.2, -0.15) is 0 Å². The molecule has 0 bridgehead atoms. The fourth-order valence-corrected chi connectivity index (χ4v) is 2.57. The molecule has 1 N–H and O–H groups in total. The van der Waals surface area contributed by atoms with Crippen LogP contribution in [0.15, 0.2) is 66.7 Å². The fourth-order valence-electron chi connectivity index (χ4n) is 2.57. The maximum Gasteiger partial charge on any atom is 0.214 e. The Hall–Kier alpha value is -2.72. The van der Waals surface area contributed by atoms with Crippen LogP contribution in [0.2, 0.25) is 0 Å². The molecule has 0 amide bonds. The average molecular weight is 321 g/mol. The topological polar surface area (TPSA) is 59.4 Å². The van der Waals surface area contributed by atoms with Gasteiger partial charge in [0.15, 0.2) is 11.9 Å². The zero-order valence-electron chi connectivity index (χ0n) is 13.3. The van der Waals surface area contributed by atoms with Crippen LogP contribution in [0.1, 0.15) is 12.0 Å². The second-order valence-corrected chi connectivity index (χ2v) is 5.59. The highest BCUT2D eigenvalue weighted by Gasteiger charge is 2.20. The second kappa shape index (κ2) is 7.70. The highest BCUT2D eigenvalue weighted by Crippen LogP contribution is 2.18. The number of para-hydroxylation sites is 1. The predicted molar refractivity (Wildman–Crippen MR) is 93.0 cm³/mol. The van der Waals surface area contributed by atoms with Gasteiger partial charge in [0.1, 0.15) is 0 Å². The number of rotatable bonds is 7. The molecule has 1 heterocycles. The summed E-state index contributed by atoms with van der Waals surface area (Å²) >= 11 is 0. The number of hydrogen-bond acceptors (Lipinski definition) is 4. The predicted octanol–water partition coefficient (Wildman–Crippen LogP) is 3.18. The Balaban J connectivity index is 1.75. The van der Waals surface area contributed by atoms with Gasteiger partial charge in [0.2, 0.25) is 5.88 Å². The molecular weight excluding hydrogens is 302 g/mol. The summed E-state index contributed by atoms with van der Waals surface area (Å²) < 4.78 is 5.78. The number of aliphatic hydroxyl groups is 1. The van der Waals surface area contributed by atoms with Gasteiger partial charge >= 0.3 is 0 Å². The van der Waals surface area contributed by atoms with E-state index in [1.165, 1.54) is 0 Å². The van der Waals surface area contributed by atoms with E-state index in [2.05, 4.69) is 4.98 Å². The van der Waals surface area contributed by atoms with E-state index < -0.39 is 6.10 Å². The molecule has 0 aliphatic heterocycles. The van der Waals surface area contributed by atoms with Gasteiger partial charge in [-0.1, -0.05) is 48.5 Å². The quantitative estimate of drug-likeness (QED) is 0.726. The molecule has 0 aliphatic carbocycles. The number of aliphatic hydroxyl groups excluding tert-OH is 1. The lowest BCUT2D eigenvalue weighted by Gasteiger charge is -2.17. The van der Waals surface area contributed by atoms with Gasteiger partial charge < -0.3 is 9.84 Å². The SMILES string of the molecule is O=C(Cc1ccccc1)C(CCO)Oc1ccc2ccccc2n1. The smallest absolute Gasteiger partial charge is 0.214 e. The number of aromatic nitrogens is 1. The molecule has 24 heavy (non-hydrogen) atoms. The van der Waals surface area contributed by atoms with E-state index in [-0.39, 0.29) is 25.2 Å². The first kappa shape index (κ1) is 16.1. The Morgan fingerprint density at radius 3 is 2.54 bits per heavy atom. The number of pyridine rings is 1. The number of hydrogen-bond donors (Lipinski definition) is 1. The third-order valence-corrected chi connectivity index (χ3v) is 3.81. The molecule has 1 atom stereocenters. The van der Waals surface area contributed by atoms with Gasteiger partial charge in [0.25, 0.3) is 0 Å². The lowest BCUT2D eigenvalue weighted by atomic mass is 10.0. The number of ketones is 1. The van der Waals surface area contributed by atoms with Crippen molar-refractivity contribution in [1.29, 1.82) is 0 Å². The highest BCUT2D eigenvalue weighted by molar-refractivity contribution is 5.85. The van der Waals surface area contributed by atoms with Crippen molar-refractivity contribution in [3.8, 4) is 5.88 Å². The summed E-state index contributed by atoms with van der Waals surface area (Å²) in [5, 5.41) is 10.3. The number of benzene rings is 2. The molecule has 0 radical (unpaired) electrons. The van der Waals surface area contributed by atoms with Gasteiger partial charge in [-0.05, 0) is 17.7 Å². The molecule has 4 nitrogen and oxygen atoms in total. The van der Waals surface area contributed by atoms with Crippen LogP contribution in [0.5, 0.6) is 5.88 Å². The van der Waals surface area contributed by atoms with E-state index in [0.29, 0.717) is 5.88 Å². The first-order valence-electron chi connectivity index (χ1n) is 7.96. The summed E-state index contributed by atoms with van der Waals surface area (Å²) in [5.41, 5.74) is 1.74. The summed E-state index contributed by atoms with van der Waals surface area (Å²) in [6, 6.07) is 20.9. The minimum atomic E-state index is -0.705. The van der Waals surface area contributed by atoms with Gasteiger partial charge in [-0.25, -0.2) is 4.98 Å². The molecule has 0 aliphatic rings. The maximum atomic E-state index is 12.5. The molecule has 3 aromatic rings. The molecule has 0 saturated heterocycles. The van der Waals surface area contributed by atoms with Crippen molar-refractivity contribution in [2.24, 2.45) is 0 Å². The van der Waals surface area contributed by atoms with Crippen LogP contribution in [0, 0.1) is 0 Å². The Morgan fingerprint density at radius 1 is 1.00 bits per heavy atom. The molecule has 0 fully saturated rings. The molecular formula is C20H19NO3. The first-order chi connectivity index (χ1) is 11.8. The van der Waals surface area contributed by atoms with E-state index in [4.69, 9.17) is 4.74 Å². The van der Waals surface area contributed by atoms with Crippen LogP contribution in [-0.2, 0) is 11.2 Å². The number of nitrogens with zero attached hydrogens (tertiary/aromatic N) is 1. The van der Waals surface area contributed by atoms with Gasteiger partial charge in [0, 0.05) is 30.9 Å². The van der Waals surface area contributed by atoms with E-state index in [9.17, 15) is 9.90 Å². The maximum absolute atomic E-state index is 12.5. The van der Waals surface area contributed by atoms with Gasteiger partial charge in [-0.15, -0.1) is 0 Å². The van der Waals surface area contributed by atoms with E-state index in [0.717, 1.165) is 16.5 Å². The zero-order valence-corrected chi connectivity index (χ0v) is 13.3. The molecule has 2 aromatic carbocycles. The van der Waals surface area contributed by atoms with Crippen LogP contribution in [-0.4, -0.2) is 28.6 Å². The molecule has 0 spiro atoms. The fraction of sp³-hybridized carbons (Fsp3) is 0.200. The summed E-state index contributed by atoms with van der Waals surface area (Å²) in [4.78, 5) is 16.9. The van der Waals surface area contributed by atoms with Crippen LogP contribution < -0.4 is 4.74 Å². The monoisotopic (exact) mass is 321 g/mol. The van der Waals surface area contributed by atoms with Crippen molar-refractivity contribution in [3.63, 3.8) is 0 Å². The van der Waals surface area contributed by atoms with E-state index in [1.54, 1.807) is 6.07 Å². The molecule has 4 heteroatoms. The lowest BCUT2D eigenvalue weighted by molar-refractivity contribution is -0.125. The summed E-state index contributed by atoms with van der Waals surface area (Å²) in [5.74, 6) is 0.332. The Bertz CT molecular complexity index is 817. The third-order valence-electron chi connectivity index (χ3n) is 3.81. The van der Waals surface area contributed by atoms with Crippen LogP contribution >= 0.6 is 0 Å². The van der Waals surface area contributed by atoms with E-state index in [1.807, 2.05) is 60.7 Å². The molecule has 122 valence electrons. The zero-order chi connectivity index (χ0) is 16.8. The largest absolute Gasteiger partial charge is 0.466 e. The molecule has 1 aromatic heterocycles. The summed E-state index contributed by atoms with van der Waals surface area (Å²) in [7, 11) is 0. The first-order valence-corrected chi connectivity index (χ1v) is 7.96. The van der Waals surface area contributed by atoms with Crippen LogP contribution in [0.3, 0.4) is 0 Å². The van der Waals surface area contributed by atoms with Gasteiger partial charge in [-0.3, -0.25) is 4.79 Å². The normalized spacial score (nSPS) is 12.0. The summed E-state index contributed by atoms with van der Waals surface area (Å²) in [6.07, 6.45) is -0.178. The molecule has 0 saturated carbocycles. The number of fused-ring (bicyclic) bond motifs is 1. The standard InChI is InChI=1S/C20H19NO3/c22-13-12-19(18(23)14-15-6-2-1-3-7-15)24-20-11-10-16-8-4-5-9-17(16)21-20/h1-11,19,22H,12-14H2. The van der Waals surface area contributed by atoms with Crippen molar-refractivity contribution in [1.82, 2.24) is 4.98 Å². The minimum Gasteiger partial charge on any atom is -0.466 e. The van der Waals surface area contributed by atoms with Crippen LogP contribution in [0.25, 0.3) is 10.9 Å².